The van der Waals surface area contributed by atoms with Crippen molar-refractivity contribution in [3.63, 3.8) is 0 Å². The van der Waals surface area contributed by atoms with E-state index in [0.29, 0.717) is 17.9 Å². The second kappa shape index (κ2) is 5.52. The molecule has 1 atom stereocenters. The van der Waals surface area contributed by atoms with Crippen molar-refractivity contribution in [1.29, 1.82) is 0 Å². The number of rotatable bonds is 5. The average molecular weight is 211 g/mol. The van der Waals surface area contributed by atoms with Crippen LogP contribution in [0.25, 0.3) is 0 Å². The van der Waals surface area contributed by atoms with Gasteiger partial charge in [-0.1, -0.05) is 33.8 Å². The lowest BCUT2D eigenvalue weighted by Crippen LogP contribution is -2.29. The zero-order valence-corrected chi connectivity index (χ0v) is 10.4. The number of nitrogens with one attached hydrogen (secondary N) is 1. The highest BCUT2D eigenvalue weighted by atomic mass is 32.1. The molecule has 14 heavy (non-hydrogen) atoms. The molecule has 0 radical (unpaired) electrons. The topological polar surface area (TPSA) is 12.0 Å². The predicted octanol–water partition coefficient (Wildman–Crippen LogP) is 3.49. The summed E-state index contributed by atoms with van der Waals surface area (Å²) in [5.41, 5.74) is 0. The van der Waals surface area contributed by atoms with Gasteiger partial charge in [-0.05, 0) is 17.4 Å². The molecule has 1 N–H and O–H groups in total. The molecule has 1 heterocycles. The molecule has 0 aliphatic rings. The van der Waals surface area contributed by atoms with E-state index >= 15 is 0 Å². The van der Waals surface area contributed by atoms with Gasteiger partial charge in [0.1, 0.15) is 0 Å². The van der Waals surface area contributed by atoms with Crippen molar-refractivity contribution in [2.75, 3.05) is 6.54 Å². The summed E-state index contributed by atoms with van der Waals surface area (Å²) in [4.78, 5) is 1.51. The van der Waals surface area contributed by atoms with E-state index in [1.807, 2.05) is 11.3 Å². The van der Waals surface area contributed by atoms with E-state index in [0.717, 1.165) is 6.54 Å². The Morgan fingerprint density at radius 3 is 2.43 bits per heavy atom. The Labute approximate surface area is 91.5 Å². The molecular weight excluding hydrogens is 190 g/mol. The third-order valence-corrected chi connectivity index (χ3v) is 3.46. The van der Waals surface area contributed by atoms with E-state index in [9.17, 15) is 0 Å². The lowest BCUT2D eigenvalue weighted by atomic mass is 9.94. The van der Waals surface area contributed by atoms with E-state index in [4.69, 9.17) is 0 Å². The zero-order valence-electron chi connectivity index (χ0n) is 9.58. The molecule has 0 fully saturated rings. The Balaban J connectivity index is 2.57. The molecule has 0 bridgehead atoms. The van der Waals surface area contributed by atoms with Gasteiger partial charge in [-0.15, -0.1) is 11.3 Å². The minimum absolute atomic E-state index is 0.580. The lowest BCUT2D eigenvalue weighted by molar-refractivity contribution is 0.446. The smallest absolute Gasteiger partial charge is 0.00914 e. The Kier molecular flexibility index (Phi) is 4.63. The van der Waals surface area contributed by atoms with Crippen molar-refractivity contribution in [2.45, 2.75) is 39.7 Å². The van der Waals surface area contributed by atoms with Crippen LogP contribution in [0.3, 0.4) is 0 Å². The number of thiophene rings is 1. The van der Waals surface area contributed by atoms with Gasteiger partial charge in [0, 0.05) is 23.4 Å². The van der Waals surface area contributed by atoms with Gasteiger partial charge in [0.25, 0.3) is 0 Å². The van der Waals surface area contributed by atoms with Crippen LogP contribution in [0.2, 0.25) is 0 Å². The Hall–Kier alpha value is -0.340. The molecule has 0 aromatic carbocycles. The Morgan fingerprint density at radius 2 is 2.00 bits per heavy atom. The largest absolute Gasteiger partial charge is 0.314 e. The van der Waals surface area contributed by atoms with Crippen LogP contribution in [0.4, 0.5) is 0 Å². The Morgan fingerprint density at radius 1 is 1.29 bits per heavy atom. The first-order chi connectivity index (χ1) is 6.61. The fourth-order valence-electron chi connectivity index (χ4n) is 1.53. The maximum Gasteiger partial charge on any atom is 0.00914 e. The molecule has 1 rings (SSSR count). The molecule has 80 valence electrons. The molecule has 0 saturated carbocycles. The minimum atomic E-state index is 0.580. The van der Waals surface area contributed by atoms with Gasteiger partial charge in [0.15, 0.2) is 0 Å². The van der Waals surface area contributed by atoms with E-state index < -0.39 is 0 Å². The SMILES string of the molecule is CC(C)NCC(c1cccs1)C(C)C. The predicted molar refractivity (Wildman–Crippen MR) is 65.0 cm³/mol. The molecule has 1 aromatic rings. The minimum Gasteiger partial charge on any atom is -0.314 e. The third-order valence-electron chi connectivity index (χ3n) is 2.46. The van der Waals surface area contributed by atoms with Crippen LogP contribution in [0.15, 0.2) is 17.5 Å². The molecule has 1 unspecified atom stereocenters. The normalized spacial score (nSPS) is 13.9. The first kappa shape index (κ1) is 11.7. The summed E-state index contributed by atoms with van der Waals surface area (Å²) in [5.74, 6) is 1.37. The van der Waals surface area contributed by atoms with Gasteiger partial charge in [0.05, 0.1) is 0 Å². The van der Waals surface area contributed by atoms with Gasteiger partial charge in [0.2, 0.25) is 0 Å². The molecule has 0 amide bonds. The standard InChI is InChI=1S/C12H21NS/c1-9(2)11(8-13-10(3)4)12-6-5-7-14-12/h5-7,9-11,13H,8H2,1-4H3. The summed E-state index contributed by atoms with van der Waals surface area (Å²) in [6.45, 7) is 10.1. The van der Waals surface area contributed by atoms with Crippen molar-refractivity contribution in [3.05, 3.63) is 22.4 Å². The second-order valence-electron chi connectivity index (χ2n) is 4.43. The van der Waals surface area contributed by atoms with Crippen molar-refractivity contribution in [3.8, 4) is 0 Å². The summed E-state index contributed by atoms with van der Waals surface area (Å²) in [5, 5.41) is 5.69. The highest BCUT2D eigenvalue weighted by Crippen LogP contribution is 2.27. The third kappa shape index (κ3) is 3.43. The monoisotopic (exact) mass is 211 g/mol. The maximum absolute atomic E-state index is 3.52. The fourth-order valence-corrected chi connectivity index (χ4v) is 2.53. The first-order valence-corrected chi connectivity index (χ1v) is 6.26. The van der Waals surface area contributed by atoms with Crippen LogP contribution in [-0.4, -0.2) is 12.6 Å². The van der Waals surface area contributed by atoms with Crippen LogP contribution in [-0.2, 0) is 0 Å². The summed E-state index contributed by atoms with van der Waals surface area (Å²) in [6.07, 6.45) is 0. The molecule has 0 aliphatic carbocycles. The quantitative estimate of drug-likeness (QED) is 0.786. The Bertz CT molecular complexity index is 239. The lowest BCUT2D eigenvalue weighted by Gasteiger charge is -2.21. The van der Waals surface area contributed by atoms with Gasteiger partial charge < -0.3 is 5.32 Å². The molecule has 2 heteroatoms. The highest BCUT2D eigenvalue weighted by molar-refractivity contribution is 7.10. The van der Waals surface area contributed by atoms with Crippen molar-refractivity contribution >= 4 is 11.3 Å². The molecule has 1 nitrogen and oxygen atoms in total. The summed E-state index contributed by atoms with van der Waals surface area (Å²) in [6, 6.07) is 4.97. The summed E-state index contributed by atoms with van der Waals surface area (Å²) < 4.78 is 0. The highest BCUT2D eigenvalue weighted by Gasteiger charge is 2.16. The van der Waals surface area contributed by atoms with Gasteiger partial charge in [-0.2, -0.15) is 0 Å². The van der Waals surface area contributed by atoms with Crippen LogP contribution < -0.4 is 5.32 Å². The van der Waals surface area contributed by atoms with Gasteiger partial charge >= 0.3 is 0 Å². The molecule has 0 saturated heterocycles. The van der Waals surface area contributed by atoms with Crippen LogP contribution >= 0.6 is 11.3 Å². The maximum atomic E-state index is 3.52. The van der Waals surface area contributed by atoms with E-state index in [1.165, 1.54) is 4.88 Å². The van der Waals surface area contributed by atoms with Crippen molar-refractivity contribution < 1.29 is 0 Å². The first-order valence-electron chi connectivity index (χ1n) is 5.38. The van der Waals surface area contributed by atoms with Crippen LogP contribution in [0, 0.1) is 5.92 Å². The molecular formula is C12H21NS. The van der Waals surface area contributed by atoms with Gasteiger partial charge in [-0.3, -0.25) is 0 Å². The van der Waals surface area contributed by atoms with Crippen molar-refractivity contribution in [2.24, 2.45) is 5.92 Å². The van der Waals surface area contributed by atoms with Gasteiger partial charge in [-0.25, -0.2) is 0 Å². The molecule has 0 spiro atoms. The fraction of sp³-hybridized carbons (Fsp3) is 0.667. The average Bonchev–Trinajstić information content (AvgIpc) is 2.56. The van der Waals surface area contributed by atoms with E-state index in [2.05, 4.69) is 50.5 Å². The second-order valence-corrected chi connectivity index (χ2v) is 5.41. The van der Waals surface area contributed by atoms with Crippen LogP contribution in [0.1, 0.15) is 38.5 Å². The number of hydrogen-bond donors (Lipinski definition) is 1. The number of hydrogen-bond acceptors (Lipinski definition) is 2. The summed E-state index contributed by atoms with van der Waals surface area (Å²) in [7, 11) is 0. The zero-order chi connectivity index (χ0) is 10.6. The van der Waals surface area contributed by atoms with E-state index in [1.54, 1.807) is 0 Å². The van der Waals surface area contributed by atoms with Crippen LogP contribution in [0.5, 0.6) is 0 Å². The van der Waals surface area contributed by atoms with Crippen molar-refractivity contribution in [1.82, 2.24) is 5.32 Å². The summed E-state index contributed by atoms with van der Waals surface area (Å²) >= 11 is 1.87. The molecule has 1 aromatic heterocycles. The molecule has 0 aliphatic heterocycles. The van der Waals surface area contributed by atoms with E-state index in [-0.39, 0.29) is 0 Å².